The number of piperidine rings is 1. The predicted octanol–water partition coefficient (Wildman–Crippen LogP) is 2.42. The maximum absolute atomic E-state index is 12.4. The minimum absolute atomic E-state index is 0.157. The molecule has 1 fully saturated rings. The highest BCUT2D eigenvalue weighted by molar-refractivity contribution is 6.44. The van der Waals surface area contributed by atoms with Crippen LogP contribution in [0.5, 0.6) is 0 Å². The minimum Gasteiger partial charge on any atom is -0.399 e. The van der Waals surface area contributed by atoms with E-state index in [1.165, 1.54) is 6.07 Å². The molecule has 19 heavy (non-hydrogen) atoms. The van der Waals surface area contributed by atoms with Gasteiger partial charge in [0.15, 0.2) is 0 Å². The molecular formula is C13H16Cl2N2O2. The van der Waals surface area contributed by atoms with Crippen LogP contribution in [-0.2, 0) is 0 Å². The van der Waals surface area contributed by atoms with E-state index >= 15 is 0 Å². The molecule has 1 aromatic rings. The van der Waals surface area contributed by atoms with Crippen molar-refractivity contribution in [3.63, 3.8) is 0 Å². The number of halogens is 2. The summed E-state index contributed by atoms with van der Waals surface area (Å²) in [5, 5.41) is 9.62. The van der Waals surface area contributed by atoms with E-state index in [1.54, 1.807) is 11.0 Å². The highest BCUT2D eigenvalue weighted by Crippen LogP contribution is 2.30. The van der Waals surface area contributed by atoms with Crippen molar-refractivity contribution in [2.24, 2.45) is 5.92 Å². The standard InChI is InChI=1S/C13H16Cl2N2O2/c14-11-6-9(16)5-10(12(11)15)13(19)17-3-1-8(7-18)2-4-17/h5-6,8,18H,1-4,7,16H2. The molecule has 0 unspecified atom stereocenters. The number of nitrogens with zero attached hydrogens (tertiary/aromatic N) is 1. The van der Waals surface area contributed by atoms with Crippen molar-refractivity contribution in [2.45, 2.75) is 12.8 Å². The molecule has 1 aliphatic heterocycles. The molecule has 2 rings (SSSR count). The number of nitrogens with two attached hydrogens (primary N) is 1. The summed E-state index contributed by atoms with van der Waals surface area (Å²) in [7, 11) is 0. The topological polar surface area (TPSA) is 66.6 Å². The Kier molecular flexibility index (Phi) is 4.55. The molecule has 0 atom stereocenters. The number of carbonyl (C=O) groups is 1. The van der Waals surface area contributed by atoms with Gasteiger partial charge in [0.2, 0.25) is 0 Å². The lowest BCUT2D eigenvalue weighted by atomic mass is 9.97. The van der Waals surface area contributed by atoms with Crippen LogP contribution < -0.4 is 5.73 Å². The van der Waals surface area contributed by atoms with Crippen molar-refractivity contribution < 1.29 is 9.90 Å². The van der Waals surface area contributed by atoms with E-state index in [2.05, 4.69) is 0 Å². The Bertz CT molecular complexity index is 486. The van der Waals surface area contributed by atoms with Crippen molar-refractivity contribution in [3.8, 4) is 0 Å². The number of rotatable bonds is 2. The molecule has 104 valence electrons. The molecule has 0 saturated carbocycles. The van der Waals surface area contributed by atoms with E-state index in [-0.39, 0.29) is 28.5 Å². The number of hydrogen-bond acceptors (Lipinski definition) is 3. The third-order valence-corrected chi connectivity index (χ3v) is 4.24. The number of carbonyl (C=O) groups excluding carboxylic acids is 1. The van der Waals surface area contributed by atoms with Gasteiger partial charge in [-0.2, -0.15) is 0 Å². The molecule has 0 spiro atoms. The van der Waals surface area contributed by atoms with E-state index < -0.39 is 0 Å². The highest BCUT2D eigenvalue weighted by Gasteiger charge is 2.25. The Labute approximate surface area is 122 Å². The van der Waals surface area contributed by atoms with Crippen LogP contribution in [0.3, 0.4) is 0 Å². The Hall–Kier alpha value is -0.970. The summed E-state index contributed by atoms with van der Waals surface area (Å²) in [5.41, 5.74) is 6.45. The lowest BCUT2D eigenvalue weighted by Crippen LogP contribution is -2.39. The van der Waals surface area contributed by atoms with E-state index in [1.807, 2.05) is 0 Å². The number of likely N-dealkylation sites (tertiary alicyclic amines) is 1. The zero-order valence-corrected chi connectivity index (χ0v) is 11.9. The molecule has 1 aromatic carbocycles. The molecule has 0 bridgehead atoms. The second kappa shape index (κ2) is 5.99. The normalized spacial score (nSPS) is 16.7. The average molecular weight is 303 g/mol. The SMILES string of the molecule is Nc1cc(Cl)c(Cl)c(C(=O)N2CCC(CO)CC2)c1. The molecule has 1 saturated heterocycles. The van der Waals surface area contributed by atoms with Crippen molar-refractivity contribution in [2.75, 3.05) is 25.4 Å². The lowest BCUT2D eigenvalue weighted by Gasteiger charge is -2.31. The summed E-state index contributed by atoms with van der Waals surface area (Å²) >= 11 is 12.0. The molecule has 1 aliphatic rings. The van der Waals surface area contributed by atoms with Gasteiger partial charge in [-0.1, -0.05) is 23.2 Å². The van der Waals surface area contributed by atoms with Gasteiger partial charge in [-0.3, -0.25) is 4.79 Å². The van der Waals surface area contributed by atoms with Crippen LogP contribution in [0.2, 0.25) is 10.0 Å². The zero-order valence-electron chi connectivity index (χ0n) is 10.4. The molecule has 0 radical (unpaired) electrons. The van der Waals surface area contributed by atoms with Gasteiger partial charge >= 0.3 is 0 Å². The van der Waals surface area contributed by atoms with Gasteiger partial charge < -0.3 is 15.7 Å². The fourth-order valence-corrected chi connectivity index (χ4v) is 2.67. The molecule has 4 nitrogen and oxygen atoms in total. The predicted molar refractivity (Wildman–Crippen MR) is 76.6 cm³/mol. The maximum Gasteiger partial charge on any atom is 0.255 e. The third-order valence-electron chi connectivity index (χ3n) is 3.44. The Morgan fingerprint density at radius 3 is 2.58 bits per heavy atom. The summed E-state index contributed by atoms with van der Waals surface area (Å²) in [6.07, 6.45) is 1.60. The van der Waals surface area contributed by atoms with E-state index in [9.17, 15) is 4.79 Å². The van der Waals surface area contributed by atoms with Gasteiger partial charge in [0.05, 0.1) is 15.6 Å². The quantitative estimate of drug-likeness (QED) is 0.825. The molecule has 0 aliphatic carbocycles. The van der Waals surface area contributed by atoms with E-state index in [4.69, 9.17) is 34.0 Å². The number of anilines is 1. The van der Waals surface area contributed by atoms with Crippen LogP contribution in [0, 0.1) is 5.92 Å². The van der Waals surface area contributed by atoms with E-state index in [0.29, 0.717) is 24.3 Å². The van der Waals surface area contributed by atoms with Crippen LogP contribution in [-0.4, -0.2) is 35.6 Å². The summed E-state index contributed by atoms with van der Waals surface area (Å²) < 4.78 is 0. The molecule has 6 heteroatoms. The van der Waals surface area contributed by atoms with E-state index in [0.717, 1.165) is 12.8 Å². The zero-order chi connectivity index (χ0) is 14.0. The van der Waals surface area contributed by atoms with Crippen LogP contribution in [0.4, 0.5) is 5.69 Å². The largest absolute Gasteiger partial charge is 0.399 e. The summed E-state index contributed by atoms with van der Waals surface area (Å²) in [6.45, 7) is 1.41. The third kappa shape index (κ3) is 3.14. The van der Waals surface area contributed by atoms with Gasteiger partial charge in [-0.15, -0.1) is 0 Å². The van der Waals surface area contributed by atoms with Gasteiger partial charge in [0, 0.05) is 25.4 Å². The van der Waals surface area contributed by atoms with Crippen LogP contribution in [0.1, 0.15) is 23.2 Å². The van der Waals surface area contributed by atoms with Gasteiger partial charge in [-0.05, 0) is 30.9 Å². The minimum atomic E-state index is -0.157. The summed E-state index contributed by atoms with van der Waals surface area (Å²) in [5.74, 6) is 0.125. The van der Waals surface area contributed by atoms with Crippen molar-refractivity contribution in [1.29, 1.82) is 0 Å². The monoisotopic (exact) mass is 302 g/mol. The molecule has 0 aromatic heterocycles. The second-order valence-electron chi connectivity index (χ2n) is 4.78. The molecular weight excluding hydrogens is 287 g/mol. The fourth-order valence-electron chi connectivity index (χ4n) is 2.25. The first-order valence-electron chi connectivity index (χ1n) is 6.17. The number of aliphatic hydroxyl groups is 1. The molecule has 1 amide bonds. The number of benzene rings is 1. The first kappa shape index (κ1) is 14.4. The Morgan fingerprint density at radius 1 is 1.37 bits per heavy atom. The van der Waals surface area contributed by atoms with Gasteiger partial charge in [0.1, 0.15) is 0 Å². The van der Waals surface area contributed by atoms with Crippen LogP contribution in [0.25, 0.3) is 0 Å². The average Bonchev–Trinajstić information content (AvgIpc) is 2.42. The van der Waals surface area contributed by atoms with Crippen LogP contribution in [0.15, 0.2) is 12.1 Å². The first-order chi connectivity index (χ1) is 9.02. The Balaban J connectivity index is 2.17. The highest BCUT2D eigenvalue weighted by atomic mass is 35.5. The number of hydrogen-bond donors (Lipinski definition) is 2. The molecule has 3 N–H and O–H groups in total. The smallest absolute Gasteiger partial charge is 0.255 e. The number of nitrogen functional groups attached to an aromatic ring is 1. The van der Waals surface area contributed by atoms with Gasteiger partial charge in [-0.25, -0.2) is 0 Å². The number of aliphatic hydroxyl groups excluding tert-OH is 1. The lowest BCUT2D eigenvalue weighted by molar-refractivity contribution is 0.0651. The Morgan fingerprint density at radius 2 is 2.00 bits per heavy atom. The summed E-state index contributed by atoms with van der Waals surface area (Å²) in [4.78, 5) is 14.1. The second-order valence-corrected chi connectivity index (χ2v) is 5.57. The molecule has 1 heterocycles. The van der Waals surface area contributed by atoms with Crippen molar-refractivity contribution >= 4 is 34.8 Å². The summed E-state index contributed by atoms with van der Waals surface area (Å²) in [6, 6.07) is 3.08. The van der Waals surface area contributed by atoms with Crippen LogP contribution >= 0.6 is 23.2 Å². The first-order valence-corrected chi connectivity index (χ1v) is 6.93. The number of amides is 1. The van der Waals surface area contributed by atoms with Gasteiger partial charge in [0.25, 0.3) is 5.91 Å². The maximum atomic E-state index is 12.4. The van der Waals surface area contributed by atoms with Crippen molar-refractivity contribution in [1.82, 2.24) is 4.90 Å². The fraction of sp³-hybridized carbons (Fsp3) is 0.462. The van der Waals surface area contributed by atoms with Crippen molar-refractivity contribution in [3.05, 3.63) is 27.7 Å².